The van der Waals surface area contributed by atoms with E-state index in [1.165, 1.54) is 16.9 Å². The van der Waals surface area contributed by atoms with E-state index < -0.39 is 6.10 Å². The first-order valence-corrected chi connectivity index (χ1v) is 6.90. The van der Waals surface area contributed by atoms with E-state index in [-0.39, 0.29) is 0 Å². The Morgan fingerprint density at radius 3 is 2.53 bits per heavy atom. The van der Waals surface area contributed by atoms with Gasteiger partial charge in [-0.15, -0.1) is 11.3 Å². The highest BCUT2D eigenvalue weighted by Gasteiger charge is 2.17. The van der Waals surface area contributed by atoms with E-state index in [9.17, 15) is 5.11 Å². The molecule has 90 valence electrons. The molecule has 1 aromatic carbocycles. The Kier molecular flexibility index (Phi) is 4.21. The molecule has 0 fully saturated rings. The van der Waals surface area contributed by atoms with Gasteiger partial charge in [0.2, 0.25) is 0 Å². The van der Waals surface area contributed by atoms with E-state index in [1.807, 2.05) is 29.6 Å². The molecule has 2 rings (SSSR count). The minimum Gasteiger partial charge on any atom is -0.388 e. The third-order valence-electron chi connectivity index (χ3n) is 2.89. The van der Waals surface area contributed by atoms with Crippen LogP contribution in [-0.2, 0) is 0 Å². The van der Waals surface area contributed by atoms with Crippen molar-refractivity contribution in [2.24, 2.45) is 0 Å². The quantitative estimate of drug-likeness (QED) is 0.856. The van der Waals surface area contributed by atoms with Crippen LogP contribution in [-0.4, -0.2) is 5.11 Å². The molecular weight excluding hydrogens is 252 g/mol. The first-order valence-electron chi connectivity index (χ1n) is 5.64. The molecule has 1 aromatic heterocycles. The number of thiophene rings is 1. The van der Waals surface area contributed by atoms with E-state index >= 15 is 0 Å². The van der Waals surface area contributed by atoms with Crippen LogP contribution in [0.2, 0.25) is 5.02 Å². The van der Waals surface area contributed by atoms with E-state index in [0.29, 0.717) is 17.4 Å². The van der Waals surface area contributed by atoms with Gasteiger partial charge >= 0.3 is 0 Å². The largest absolute Gasteiger partial charge is 0.388 e. The molecule has 3 heteroatoms. The second-order valence-electron chi connectivity index (χ2n) is 4.20. The molecule has 1 nitrogen and oxygen atoms in total. The Hall–Kier alpha value is -0.830. The van der Waals surface area contributed by atoms with E-state index in [1.54, 1.807) is 0 Å². The van der Waals surface area contributed by atoms with Gasteiger partial charge in [-0.25, -0.2) is 0 Å². The lowest BCUT2D eigenvalue weighted by Crippen LogP contribution is -2.02. The molecule has 0 amide bonds. The highest BCUT2D eigenvalue weighted by Crippen LogP contribution is 2.34. The van der Waals surface area contributed by atoms with Crippen LogP contribution in [0.25, 0.3) is 0 Å². The highest BCUT2D eigenvalue weighted by atomic mass is 35.5. The molecule has 0 aliphatic heterocycles. The van der Waals surface area contributed by atoms with Gasteiger partial charge in [-0.3, -0.25) is 0 Å². The minimum absolute atomic E-state index is 0.323. The standard InChI is InChI=1S/C14H15ClOS/c1-10(11-5-3-2-4-6-11)9-13(16)14-12(15)7-8-17-14/h2-8,10,13,16H,9H2,1H3. The molecule has 2 aromatic rings. The summed E-state index contributed by atoms with van der Waals surface area (Å²) in [5, 5.41) is 12.7. The number of aliphatic hydroxyl groups is 1. The average molecular weight is 267 g/mol. The van der Waals surface area contributed by atoms with Crippen molar-refractivity contribution in [3.8, 4) is 0 Å². The smallest absolute Gasteiger partial charge is 0.0902 e. The molecule has 0 spiro atoms. The molecule has 1 heterocycles. The Bertz CT molecular complexity index is 466. The Morgan fingerprint density at radius 1 is 1.24 bits per heavy atom. The van der Waals surface area contributed by atoms with Crippen molar-refractivity contribution in [2.75, 3.05) is 0 Å². The lowest BCUT2D eigenvalue weighted by molar-refractivity contribution is 0.163. The van der Waals surface area contributed by atoms with Crippen LogP contribution in [0.5, 0.6) is 0 Å². The number of halogens is 1. The number of hydrogen-bond acceptors (Lipinski definition) is 2. The van der Waals surface area contributed by atoms with Crippen LogP contribution in [0.15, 0.2) is 41.8 Å². The fraction of sp³-hybridized carbons (Fsp3) is 0.286. The Labute approximate surface area is 111 Å². The fourth-order valence-corrected chi connectivity index (χ4v) is 3.08. The third-order valence-corrected chi connectivity index (χ3v) is 4.35. The van der Waals surface area contributed by atoms with Crippen molar-refractivity contribution in [1.29, 1.82) is 0 Å². The molecule has 0 aliphatic rings. The zero-order valence-corrected chi connectivity index (χ0v) is 11.2. The van der Waals surface area contributed by atoms with Crippen molar-refractivity contribution < 1.29 is 5.11 Å². The fourth-order valence-electron chi connectivity index (χ4n) is 1.90. The van der Waals surface area contributed by atoms with Crippen LogP contribution in [0, 0.1) is 0 Å². The first kappa shape index (κ1) is 12.6. The lowest BCUT2D eigenvalue weighted by Gasteiger charge is -2.16. The van der Waals surface area contributed by atoms with Crippen LogP contribution >= 0.6 is 22.9 Å². The summed E-state index contributed by atoms with van der Waals surface area (Å²) in [5.41, 5.74) is 1.25. The number of benzene rings is 1. The molecule has 1 N–H and O–H groups in total. The summed E-state index contributed by atoms with van der Waals surface area (Å²) in [6, 6.07) is 12.1. The van der Waals surface area contributed by atoms with Crippen molar-refractivity contribution in [3.05, 3.63) is 57.2 Å². The Balaban J connectivity index is 2.05. The summed E-state index contributed by atoms with van der Waals surface area (Å²) >= 11 is 7.53. The van der Waals surface area contributed by atoms with Crippen molar-refractivity contribution in [2.45, 2.75) is 25.4 Å². The summed E-state index contributed by atoms with van der Waals surface area (Å²) in [4.78, 5) is 0.870. The summed E-state index contributed by atoms with van der Waals surface area (Å²) in [6.07, 6.45) is 0.224. The molecule has 0 saturated carbocycles. The highest BCUT2D eigenvalue weighted by molar-refractivity contribution is 7.10. The van der Waals surface area contributed by atoms with Gasteiger partial charge in [0.25, 0.3) is 0 Å². The molecule has 0 saturated heterocycles. The molecule has 0 radical (unpaired) electrons. The normalized spacial score (nSPS) is 14.5. The van der Waals surface area contributed by atoms with Gasteiger partial charge in [0.05, 0.1) is 16.0 Å². The zero-order chi connectivity index (χ0) is 12.3. The number of hydrogen-bond donors (Lipinski definition) is 1. The topological polar surface area (TPSA) is 20.2 Å². The zero-order valence-electron chi connectivity index (χ0n) is 9.64. The van der Waals surface area contributed by atoms with Gasteiger partial charge in [-0.1, -0.05) is 48.9 Å². The van der Waals surface area contributed by atoms with Gasteiger partial charge < -0.3 is 5.11 Å². The average Bonchev–Trinajstić information content (AvgIpc) is 2.76. The Morgan fingerprint density at radius 2 is 1.94 bits per heavy atom. The maximum Gasteiger partial charge on any atom is 0.0902 e. The first-order chi connectivity index (χ1) is 8.18. The lowest BCUT2D eigenvalue weighted by atomic mass is 9.94. The molecule has 0 aliphatic carbocycles. The summed E-state index contributed by atoms with van der Waals surface area (Å²) in [7, 11) is 0. The minimum atomic E-state index is -0.474. The molecule has 17 heavy (non-hydrogen) atoms. The summed E-state index contributed by atoms with van der Waals surface area (Å²) < 4.78 is 0. The maximum atomic E-state index is 10.1. The van der Waals surface area contributed by atoms with Gasteiger partial charge in [0.15, 0.2) is 0 Å². The van der Waals surface area contributed by atoms with E-state index in [0.717, 1.165) is 4.88 Å². The van der Waals surface area contributed by atoms with Crippen LogP contribution in [0.4, 0.5) is 0 Å². The SMILES string of the molecule is CC(CC(O)c1sccc1Cl)c1ccccc1. The van der Waals surface area contributed by atoms with Gasteiger partial charge in [0, 0.05) is 0 Å². The number of aliphatic hydroxyl groups excluding tert-OH is 1. The van der Waals surface area contributed by atoms with Crippen LogP contribution < -0.4 is 0 Å². The monoisotopic (exact) mass is 266 g/mol. The van der Waals surface area contributed by atoms with Crippen LogP contribution in [0.3, 0.4) is 0 Å². The van der Waals surface area contributed by atoms with Crippen molar-refractivity contribution in [3.63, 3.8) is 0 Å². The molecule has 2 unspecified atom stereocenters. The van der Waals surface area contributed by atoms with Gasteiger partial charge in [0.1, 0.15) is 0 Å². The second kappa shape index (κ2) is 5.67. The van der Waals surface area contributed by atoms with E-state index in [2.05, 4.69) is 19.1 Å². The molecular formula is C14H15ClOS. The maximum absolute atomic E-state index is 10.1. The predicted molar refractivity (Wildman–Crippen MR) is 73.8 cm³/mol. The third kappa shape index (κ3) is 3.09. The summed E-state index contributed by atoms with van der Waals surface area (Å²) in [5.74, 6) is 0.323. The molecule has 0 bridgehead atoms. The van der Waals surface area contributed by atoms with Crippen LogP contribution in [0.1, 0.15) is 35.8 Å². The molecule has 2 atom stereocenters. The number of rotatable bonds is 4. The van der Waals surface area contributed by atoms with Crippen molar-refractivity contribution >= 4 is 22.9 Å². The van der Waals surface area contributed by atoms with E-state index in [4.69, 9.17) is 11.6 Å². The van der Waals surface area contributed by atoms with Gasteiger partial charge in [-0.2, -0.15) is 0 Å². The van der Waals surface area contributed by atoms with Crippen molar-refractivity contribution in [1.82, 2.24) is 0 Å². The van der Waals surface area contributed by atoms with Gasteiger partial charge in [-0.05, 0) is 29.3 Å². The summed E-state index contributed by atoms with van der Waals surface area (Å²) in [6.45, 7) is 2.13. The predicted octanol–water partition coefficient (Wildman–Crippen LogP) is 4.63. The second-order valence-corrected chi connectivity index (χ2v) is 5.55.